The van der Waals surface area contributed by atoms with Gasteiger partial charge in [-0.05, 0) is 17.9 Å². The second-order valence-corrected chi connectivity index (χ2v) is 8.07. The van der Waals surface area contributed by atoms with Crippen molar-refractivity contribution in [3.05, 3.63) is 35.9 Å². The Kier molecular flexibility index (Phi) is 4.99. The van der Waals surface area contributed by atoms with Crippen LogP contribution in [0.3, 0.4) is 0 Å². The van der Waals surface area contributed by atoms with E-state index in [1.807, 2.05) is 30.3 Å². The maximum atomic E-state index is 12.2. The van der Waals surface area contributed by atoms with Gasteiger partial charge in [0.1, 0.15) is 0 Å². The summed E-state index contributed by atoms with van der Waals surface area (Å²) in [6.07, 6.45) is 0.839. The lowest BCUT2D eigenvalue weighted by Gasteiger charge is -2.26. The van der Waals surface area contributed by atoms with E-state index in [-0.39, 0.29) is 30.0 Å². The summed E-state index contributed by atoms with van der Waals surface area (Å²) in [5.74, 6) is 0.146. The van der Waals surface area contributed by atoms with Crippen molar-refractivity contribution in [1.82, 2.24) is 9.62 Å². The van der Waals surface area contributed by atoms with Crippen LogP contribution < -0.4 is 5.32 Å². The number of morpholine rings is 1. The first-order chi connectivity index (χ1) is 11.1. The average molecular weight is 338 g/mol. The summed E-state index contributed by atoms with van der Waals surface area (Å²) in [4.78, 5) is 12.1. The standard InChI is InChI=1S/C16H22N2O4S/c19-16(15-12-14(15)13-4-2-1-3-5-13)17-6-11-23(20,21)18-7-9-22-10-8-18/h1-5,14-15H,6-12H2,(H,17,19). The third-order valence-electron chi connectivity index (χ3n) is 4.38. The van der Waals surface area contributed by atoms with Crippen LogP contribution in [-0.2, 0) is 19.6 Å². The first-order valence-corrected chi connectivity index (χ1v) is 9.57. The van der Waals surface area contributed by atoms with E-state index in [4.69, 9.17) is 4.74 Å². The second-order valence-electron chi connectivity index (χ2n) is 5.98. The Labute approximate surface area is 136 Å². The van der Waals surface area contributed by atoms with Crippen molar-refractivity contribution >= 4 is 15.9 Å². The van der Waals surface area contributed by atoms with E-state index >= 15 is 0 Å². The Morgan fingerprint density at radius 1 is 1.22 bits per heavy atom. The number of rotatable bonds is 6. The number of carbonyl (C=O) groups excluding carboxylic acids is 1. The Bertz CT molecular complexity index is 641. The van der Waals surface area contributed by atoms with E-state index in [0.29, 0.717) is 26.3 Å². The summed E-state index contributed by atoms with van der Waals surface area (Å²) in [6, 6.07) is 9.95. The molecule has 0 aromatic heterocycles. The van der Waals surface area contributed by atoms with Crippen LogP contribution in [0.25, 0.3) is 0 Å². The monoisotopic (exact) mass is 338 g/mol. The van der Waals surface area contributed by atoms with Crippen LogP contribution in [0, 0.1) is 5.92 Å². The Balaban J connectivity index is 1.43. The Hall–Kier alpha value is -1.44. The van der Waals surface area contributed by atoms with Crippen molar-refractivity contribution < 1.29 is 17.9 Å². The normalized spacial score (nSPS) is 25.0. The minimum absolute atomic E-state index is 0.0245. The lowest BCUT2D eigenvalue weighted by Crippen LogP contribution is -2.44. The molecule has 2 unspecified atom stereocenters. The van der Waals surface area contributed by atoms with Gasteiger partial charge in [0.05, 0.1) is 19.0 Å². The van der Waals surface area contributed by atoms with Gasteiger partial charge in [0.15, 0.2) is 0 Å². The van der Waals surface area contributed by atoms with Crippen LogP contribution in [-0.4, -0.2) is 57.2 Å². The Morgan fingerprint density at radius 3 is 2.61 bits per heavy atom. The molecule has 3 rings (SSSR count). The predicted molar refractivity (Wildman–Crippen MR) is 86.5 cm³/mol. The molecule has 1 amide bonds. The quantitative estimate of drug-likeness (QED) is 0.823. The molecule has 2 aliphatic rings. The number of benzene rings is 1. The van der Waals surface area contributed by atoms with Gasteiger partial charge in [0.2, 0.25) is 15.9 Å². The molecule has 1 aliphatic carbocycles. The van der Waals surface area contributed by atoms with Gasteiger partial charge in [-0.25, -0.2) is 8.42 Å². The van der Waals surface area contributed by atoms with Gasteiger partial charge in [-0.3, -0.25) is 4.79 Å². The molecule has 1 aromatic rings. The van der Waals surface area contributed by atoms with Gasteiger partial charge in [-0.2, -0.15) is 4.31 Å². The maximum Gasteiger partial charge on any atom is 0.223 e. The molecule has 1 aliphatic heterocycles. The largest absolute Gasteiger partial charge is 0.379 e. The van der Waals surface area contributed by atoms with Crippen molar-refractivity contribution in [3.63, 3.8) is 0 Å². The molecule has 23 heavy (non-hydrogen) atoms. The molecule has 1 aromatic carbocycles. The first-order valence-electron chi connectivity index (χ1n) is 7.96. The number of hydrogen-bond donors (Lipinski definition) is 1. The summed E-state index contributed by atoms with van der Waals surface area (Å²) in [5.41, 5.74) is 1.17. The SMILES string of the molecule is O=C(NCCS(=O)(=O)N1CCOCC1)C1CC1c1ccccc1. The summed E-state index contributed by atoms with van der Waals surface area (Å²) < 4.78 is 30.9. The molecule has 0 spiro atoms. The van der Waals surface area contributed by atoms with Gasteiger partial charge in [0, 0.05) is 25.6 Å². The highest BCUT2D eigenvalue weighted by Gasteiger charge is 2.43. The average Bonchev–Trinajstić information content (AvgIpc) is 3.37. The van der Waals surface area contributed by atoms with Crippen molar-refractivity contribution in [2.24, 2.45) is 5.92 Å². The third-order valence-corrected chi connectivity index (χ3v) is 6.25. The molecular formula is C16H22N2O4S. The molecule has 1 saturated heterocycles. The lowest BCUT2D eigenvalue weighted by molar-refractivity contribution is -0.122. The molecule has 0 radical (unpaired) electrons. The predicted octanol–water partition coefficient (Wildman–Crippen LogP) is 0.568. The van der Waals surface area contributed by atoms with Gasteiger partial charge in [-0.1, -0.05) is 30.3 Å². The van der Waals surface area contributed by atoms with Crippen LogP contribution in [0.1, 0.15) is 17.9 Å². The highest BCUT2D eigenvalue weighted by Crippen LogP contribution is 2.47. The lowest BCUT2D eigenvalue weighted by atomic mass is 10.1. The van der Waals surface area contributed by atoms with Crippen molar-refractivity contribution in [3.8, 4) is 0 Å². The molecular weight excluding hydrogens is 316 g/mol. The van der Waals surface area contributed by atoms with Crippen molar-refractivity contribution in [1.29, 1.82) is 0 Å². The zero-order chi connectivity index (χ0) is 16.3. The number of hydrogen-bond acceptors (Lipinski definition) is 4. The van der Waals surface area contributed by atoms with E-state index in [9.17, 15) is 13.2 Å². The first kappa shape index (κ1) is 16.4. The minimum Gasteiger partial charge on any atom is -0.379 e. The molecule has 7 heteroatoms. The smallest absolute Gasteiger partial charge is 0.223 e. The molecule has 1 heterocycles. The van der Waals surface area contributed by atoms with Crippen LogP contribution in [0.4, 0.5) is 0 Å². The zero-order valence-electron chi connectivity index (χ0n) is 13.0. The van der Waals surface area contributed by atoms with E-state index in [1.165, 1.54) is 9.87 Å². The number of sulfonamides is 1. The van der Waals surface area contributed by atoms with Crippen LogP contribution in [0.5, 0.6) is 0 Å². The second kappa shape index (κ2) is 6.98. The van der Waals surface area contributed by atoms with E-state index < -0.39 is 10.0 Å². The fourth-order valence-corrected chi connectivity index (χ4v) is 4.27. The van der Waals surface area contributed by atoms with Gasteiger partial charge < -0.3 is 10.1 Å². The van der Waals surface area contributed by atoms with Gasteiger partial charge in [-0.15, -0.1) is 0 Å². The number of nitrogens with zero attached hydrogens (tertiary/aromatic N) is 1. The molecule has 126 valence electrons. The molecule has 2 atom stereocenters. The van der Waals surface area contributed by atoms with Crippen molar-refractivity contribution in [2.45, 2.75) is 12.3 Å². The zero-order valence-corrected chi connectivity index (χ0v) is 13.8. The van der Waals surface area contributed by atoms with E-state index in [1.54, 1.807) is 0 Å². The summed E-state index contributed by atoms with van der Waals surface area (Å²) >= 11 is 0. The van der Waals surface area contributed by atoms with E-state index in [0.717, 1.165) is 6.42 Å². The molecule has 1 N–H and O–H groups in total. The Morgan fingerprint density at radius 2 is 1.91 bits per heavy atom. The van der Waals surface area contributed by atoms with E-state index in [2.05, 4.69) is 5.32 Å². The summed E-state index contributed by atoms with van der Waals surface area (Å²) in [7, 11) is -3.31. The molecule has 1 saturated carbocycles. The highest BCUT2D eigenvalue weighted by atomic mass is 32.2. The van der Waals surface area contributed by atoms with Gasteiger partial charge >= 0.3 is 0 Å². The molecule has 6 nitrogen and oxygen atoms in total. The fourth-order valence-electron chi connectivity index (χ4n) is 2.94. The highest BCUT2D eigenvalue weighted by molar-refractivity contribution is 7.89. The molecule has 2 fully saturated rings. The third kappa shape index (κ3) is 4.10. The summed E-state index contributed by atoms with van der Waals surface area (Å²) in [5, 5.41) is 2.76. The number of carbonyl (C=O) groups is 1. The minimum atomic E-state index is -3.31. The topological polar surface area (TPSA) is 75.7 Å². The van der Waals surface area contributed by atoms with Crippen LogP contribution in [0.2, 0.25) is 0 Å². The van der Waals surface area contributed by atoms with Crippen LogP contribution >= 0.6 is 0 Å². The number of amides is 1. The number of nitrogens with one attached hydrogen (secondary N) is 1. The molecule has 0 bridgehead atoms. The fraction of sp³-hybridized carbons (Fsp3) is 0.562. The summed E-state index contributed by atoms with van der Waals surface area (Å²) in [6.45, 7) is 1.83. The van der Waals surface area contributed by atoms with Crippen molar-refractivity contribution in [2.75, 3.05) is 38.6 Å². The van der Waals surface area contributed by atoms with Gasteiger partial charge in [0.25, 0.3) is 0 Å². The maximum absolute atomic E-state index is 12.2. The number of ether oxygens (including phenoxy) is 1. The van der Waals surface area contributed by atoms with Crippen LogP contribution in [0.15, 0.2) is 30.3 Å².